The van der Waals surface area contributed by atoms with Gasteiger partial charge in [0, 0.05) is 0 Å². The number of hydrogen-bond acceptors (Lipinski definition) is 5. The molecule has 0 unspecified atom stereocenters. The maximum atomic E-state index is 11.6. The molecule has 0 atom stereocenters. The molecule has 0 aliphatic heterocycles. The van der Waals surface area contributed by atoms with Gasteiger partial charge in [-0.25, -0.2) is 5.43 Å². The van der Waals surface area contributed by atoms with Crippen LogP contribution in [-0.4, -0.2) is 25.8 Å². The smallest absolute Gasteiger partial charge is 0.277 e. The number of nitrogens with zero attached hydrogens (tertiary/aromatic N) is 1. The summed E-state index contributed by atoms with van der Waals surface area (Å²) in [5, 5.41) is 3.79. The number of ether oxygens (including phenoxy) is 2. The van der Waals surface area contributed by atoms with Gasteiger partial charge >= 0.3 is 0 Å². The molecule has 0 bridgehead atoms. The zero-order chi connectivity index (χ0) is 15.9. The largest absolute Gasteiger partial charge is 0.497 e. The van der Waals surface area contributed by atoms with E-state index in [1.165, 1.54) is 6.21 Å². The van der Waals surface area contributed by atoms with Crippen LogP contribution in [0, 0.1) is 7.34 Å². The van der Waals surface area contributed by atoms with E-state index in [-0.39, 0.29) is 12.5 Å². The molecule has 0 saturated carbocycles. The quantitative estimate of drug-likeness (QED) is 0.357. The number of carbonyl (C=O) groups is 1. The van der Waals surface area contributed by atoms with Gasteiger partial charge in [-0.15, -0.1) is 0 Å². The van der Waals surface area contributed by atoms with Crippen LogP contribution in [0.4, 0.5) is 0 Å². The fraction of sp³-hybridized carbons (Fsp3) is 0.143. The number of rotatable bonds is 6. The molecule has 0 aliphatic rings. The molecule has 6 nitrogen and oxygen atoms in total. The third-order valence-electron chi connectivity index (χ3n) is 2.47. The number of hydrogen-bond donors (Lipinski definition) is 1. The van der Waals surface area contributed by atoms with Crippen molar-refractivity contribution >= 4 is 57.3 Å². The van der Waals surface area contributed by atoms with Gasteiger partial charge in [-0.05, 0) is 75.5 Å². The Hall–Kier alpha value is -1.30. The molecule has 0 saturated heterocycles. The molecule has 116 valence electrons. The van der Waals surface area contributed by atoms with Gasteiger partial charge in [-0.3, -0.25) is 4.79 Å². The van der Waals surface area contributed by atoms with E-state index in [1.54, 1.807) is 31.4 Å². The molecule has 8 heteroatoms. The molecule has 0 aliphatic carbocycles. The van der Waals surface area contributed by atoms with Gasteiger partial charge in [0.1, 0.15) is 17.3 Å². The third kappa shape index (κ3) is 5.16. The van der Waals surface area contributed by atoms with Crippen molar-refractivity contribution in [2.45, 2.75) is 0 Å². The first-order valence-corrected chi connectivity index (χ1v) is 8.28. The number of hydrazone groups is 1. The molecule has 0 spiro atoms. The first-order valence-electron chi connectivity index (χ1n) is 6.12. The molecule has 0 fully saturated rings. The normalized spacial score (nSPS) is 10.7. The van der Waals surface area contributed by atoms with Crippen molar-refractivity contribution in [3.63, 3.8) is 0 Å². The molecule has 0 radical (unpaired) electrons. The highest BCUT2D eigenvalue weighted by atomic mass is 127. The number of nitrogens with one attached hydrogen (secondary N) is 1. The summed E-state index contributed by atoms with van der Waals surface area (Å²) in [4.78, 5) is 11.6. The fourth-order valence-corrected chi connectivity index (χ4v) is 2.54. The summed E-state index contributed by atoms with van der Waals surface area (Å²) in [6.07, 6.45) is 1.43. The number of carbonyl (C=O) groups excluding carboxylic acids is 1. The summed E-state index contributed by atoms with van der Waals surface area (Å²) in [7, 11) is 1.59. The maximum absolute atomic E-state index is 11.6. The Morgan fingerprint density at radius 2 is 2.18 bits per heavy atom. The first kappa shape index (κ1) is 17.1. The minimum atomic E-state index is -0.357. The van der Waals surface area contributed by atoms with Crippen LogP contribution in [0.25, 0.3) is 0 Å². The minimum Gasteiger partial charge on any atom is -0.497 e. The zero-order valence-corrected chi connectivity index (χ0v) is 15.8. The predicted octanol–water partition coefficient (Wildman–Crippen LogP) is 3.03. The molecular weight excluding hydrogens is 514 g/mol. The SMILES string of the molecule is COc1ccc(OCC(=O)NN=Cc2ccc(I)o2)c(I)c1. The number of furan rings is 1. The van der Waals surface area contributed by atoms with Gasteiger partial charge in [0.2, 0.25) is 0 Å². The first-order chi connectivity index (χ1) is 10.6. The van der Waals surface area contributed by atoms with E-state index in [0.717, 1.165) is 13.1 Å². The summed E-state index contributed by atoms with van der Waals surface area (Å²) in [6.45, 7) is -0.130. The van der Waals surface area contributed by atoms with E-state index in [2.05, 4.69) is 33.1 Å². The van der Waals surface area contributed by atoms with E-state index in [4.69, 9.17) is 13.9 Å². The summed E-state index contributed by atoms with van der Waals surface area (Å²) in [5.74, 6) is 1.56. The van der Waals surface area contributed by atoms with Gasteiger partial charge in [0.25, 0.3) is 5.91 Å². The molecule has 1 heterocycles. The second-order valence-electron chi connectivity index (χ2n) is 4.02. The van der Waals surface area contributed by atoms with E-state index in [9.17, 15) is 4.79 Å². The van der Waals surface area contributed by atoms with Crippen molar-refractivity contribution in [1.29, 1.82) is 0 Å². The third-order valence-corrected chi connectivity index (χ3v) is 3.90. The average molecular weight is 526 g/mol. The molecule has 1 aromatic heterocycles. The molecule has 1 aromatic carbocycles. The Bertz CT molecular complexity index is 685. The Labute approximate surface area is 154 Å². The van der Waals surface area contributed by atoms with Crippen LogP contribution in [0.1, 0.15) is 5.76 Å². The lowest BCUT2D eigenvalue weighted by atomic mass is 10.3. The molecule has 1 amide bonds. The van der Waals surface area contributed by atoms with Crippen LogP contribution in [0.2, 0.25) is 0 Å². The average Bonchev–Trinajstić information content (AvgIpc) is 2.91. The van der Waals surface area contributed by atoms with Crippen LogP contribution in [-0.2, 0) is 4.79 Å². The molecule has 1 N–H and O–H groups in total. The van der Waals surface area contributed by atoms with Crippen molar-refractivity contribution < 1.29 is 18.7 Å². The number of methoxy groups -OCH3 is 1. The van der Waals surface area contributed by atoms with E-state index in [1.807, 2.05) is 28.7 Å². The lowest BCUT2D eigenvalue weighted by molar-refractivity contribution is -0.123. The van der Waals surface area contributed by atoms with Crippen LogP contribution in [0.5, 0.6) is 11.5 Å². The second kappa shape index (κ2) is 8.36. The Morgan fingerprint density at radius 3 is 2.82 bits per heavy atom. The Kier molecular flexibility index (Phi) is 6.49. The van der Waals surface area contributed by atoms with Crippen molar-refractivity contribution in [3.8, 4) is 11.5 Å². The monoisotopic (exact) mass is 526 g/mol. The summed E-state index contributed by atoms with van der Waals surface area (Å²) in [6, 6.07) is 8.91. The topological polar surface area (TPSA) is 73.1 Å². The summed E-state index contributed by atoms with van der Waals surface area (Å²) >= 11 is 4.16. The highest BCUT2D eigenvalue weighted by Gasteiger charge is 2.06. The summed E-state index contributed by atoms with van der Waals surface area (Å²) in [5.41, 5.74) is 2.37. The zero-order valence-electron chi connectivity index (χ0n) is 11.5. The Balaban J connectivity index is 1.81. The Morgan fingerprint density at radius 1 is 1.36 bits per heavy atom. The van der Waals surface area contributed by atoms with Crippen molar-refractivity contribution in [2.24, 2.45) is 5.10 Å². The fourth-order valence-electron chi connectivity index (χ4n) is 1.47. The van der Waals surface area contributed by atoms with E-state index < -0.39 is 0 Å². The highest BCUT2D eigenvalue weighted by molar-refractivity contribution is 14.1. The lowest BCUT2D eigenvalue weighted by Crippen LogP contribution is -2.24. The predicted molar refractivity (Wildman–Crippen MR) is 98.4 cm³/mol. The summed E-state index contributed by atoms with van der Waals surface area (Å²) < 4.78 is 17.4. The standard InChI is InChI=1S/C14H12I2N2O4/c1-20-9-2-4-12(11(15)6-9)21-8-14(19)18-17-7-10-3-5-13(16)22-10/h2-7H,8H2,1H3,(H,18,19). The lowest BCUT2D eigenvalue weighted by Gasteiger charge is -2.08. The van der Waals surface area contributed by atoms with Crippen LogP contribution >= 0.6 is 45.2 Å². The van der Waals surface area contributed by atoms with Crippen molar-refractivity contribution in [3.05, 3.63) is 43.4 Å². The van der Waals surface area contributed by atoms with E-state index >= 15 is 0 Å². The number of benzene rings is 1. The van der Waals surface area contributed by atoms with Gasteiger partial charge in [-0.1, -0.05) is 0 Å². The maximum Gasteiger partial charge on any atom is 0.277 e. The number of halogens is 2. The van der Waals surface area contributed by atoms with E-state index in [0.29, 0.717) is 11.5 Å². The van der Waals surface area contributed by atoms with Crippen molar-refractivity contribution in [1.82, 2.24) is 5.43 Å². The van der Waals surface area contributed by atoms with Gasteiger partial charge < -0.3 is 13.9 Å². The molecule has 22 heavy (non-hydrogen) atoms. The minimum absolute atomic E-state index is 0.130. The van der Waals surface area contributed by atoms with Crippen LogP contribution in [0.3, 0.4) is 0 Å². The second-order valence-corrected chi connectivity index (χ2v) is 6.25. The van der Waals surface area contributed by atoms with Crippen LogP contribution in [0.15, 0.2) is 39.9 Å². The van der Waals surface area contributed by atoms with Gasteiger partial charge in [0.15, 0.2) is 10.4 Å². The highest BCUT2D eigenvalue weighted by Crippen LogP contribution is 2.25. The number of amides is 1. The molecule has 2 aromatic rings. The molecular formula is C14H12I2N2O4. The van der Waals surface area contributed by atoms with Crippen molar-refractivity contribution in [2.75, 3.05) is 13.7 Å². The van der Waals surface area contributed by atoms with Crippen LogP contribution < -0.4 is 14.9 Å². The molecule has 2 rings (SSSR count). The van der Waals surface area contributed by atoms with Gasteiger partial charge in [-0.2, -0.15) is 5.10 Å². The van der Waals surface area contributed by atoms with Gasteiger partial charge in [0.05, 0.1) is 16.9 Å².